The Labute approximate surface area is 158 Å². The fourth-order valence-corrected chi connectivity index (χ4v) is 2.50. The van der Waals surface area contributed by atoms with Gasteiger partial charge in [0.1, 0.15) is 18.1 Å². The fourth-order valence-electron chi connectivity index (χ4n) is 2.50. The van der Waals surface area contributed by atoms with E-state index in [-0.39, 0.29) is 18.2 Å². The highest BCUT2D eigenvalue weighted by Gasteiger charge is 2.17. The van der Waals surface area contributed by atoms with Crippen molar-refractivity contribution in [2.24, 2.45) is 5.10 Å². The van der Waals surface area contributed by atoms with Gasteiger partial charge in [-0.1, -0.05) is 5.10 Å². The molecule has 144 valence electrons. The van der Waals surface area contributed by atoms with Gasteiger partial charge in [-0.15, -0.1) is 0 Å². The number of nitrogens with one attached hydrogen (secondary N) is 1. The summed E-state index contributed by atoms with van der Waals surface area (Å²) in [5, 5.41) is 25.2. The number of hydrazone groups is 1. The molecule has 12 heteroatoms. The molecule has 0 fully saturated rings. The summed E-state index contributed by atoms with van der Waals surface area (Å²) in [5.41, 5.74) is 9.90. The summed E-state index contributed by atoms with van der Waals surface area (Å²) in [6, 6.07) is 6.47. The summed E-state index contributed by atoms with van der Waals surface area (Å²) in [6.45, 7) is 3.30. The van der Waals surface area contributed by atoms with E-state index in [0.29, 0.717) is 17.1 Å². The van der Waals surface area contributed by atoms with Crippen LogP contribution >= 0.6 is 0 Å². The van der Waals surface area contributed by atoms with Gasteiger partial charge in [0, 0.05) is 17.2 Å². The van der Waals surface area contributed by atoms with E-state index in [4.69, 9.17) is 10.2 Å². The molecule has 2 heterocycles. The second-order valence-corrected chi connectivity index (χ2v) is 5.83. The van der Waals surface area contributed by atoms with Gasteiger partial charge in [-0.3, -0.25) is 14.9 Å². The van der Waals surface area contributed by atoms with Crippen LogP contribution in [0.4, 0.5) is 11.6 Å². The largest absolute Gasteiger partial charge is 0.455 e. The van der Waals surface area contributed by atoms with Crippen molar-refractivity contribution in [1.29, 1.82) is 0 Å². The number of carbonyl (C=O) groups excluding carboxylic acids is 1. The number of hydrogen-bond donors (Lipinski definition) is 2. The van der Waals surface area contributed by atoms with Crippen molar-refractivity contribution in [3.8, 4) is 11.3 Å². The lowest BCUT2D eigenvalue weighted by molar-refractivity contribution is -0.385. The van der Waals surface area contributed by atoms with Crippen LogP contribution in [0.5, 0.6) is 0 Å². The van der Waals surface area contributed by atoms with Crippen LogP contribution < -0.4 is 11.2 Å². The first-order chi connectivity index (χ1) is 13.4. The van der Waals surface area contributed by atoms with Gasteiger partial charge in [0.25, 0.3) is 11.6 Å². The van der Waals surface area contributed by atoms with E-state index >= 15 is 0 Å². The molecular weight excluding hydrogens is 368 g/mol. The van der Waals surface area contributed by atoms with Gasteiger partial charge < -0.3 is 10.2 Å². The molecule has 0 saturated heterocycles. The number of tetrazole rings is 1. The Morgan fingerprint density at radius 2 is 2.14 bits per heavy atom. The van der Waals surface area contributed by atoms with Gasteiger partial charge in [-0.2, -0.15) is 5.10 Å². The number of nitrogens with two attached hydrogens (primary N) is 1. The minimum Gasteiger partial charge on any atom is -0.455 e. The first-order valence-corrected chi connectivity index (χ1v) is 8.05. The summed E-state index contributed by atoms with van der Waals surface area (Å²) in [6.07, 6.45) is 1.33. The number of nitro groups is 1. The Morgan fingerprint density at radius 3 is 2.82 bits per heavy atom. The maximum absolute atomic E-state index is 11.8. The summed E-state index contributed by atoms with van der Waals surface area (Å²) >= 11 is 0. The van der Waals surface area contributed by atoms with Gasteiger partial charge >= 0.3 is 0 Å². The van der Waals surface area contributed by atoms with E-state index in [1.165, 1.54) is 12.3 Å². The molecule has 0 aliphatic carbocycles. The van der Waals surface area contributed by atoms with Crippen molar-refractivity contribution < 1.29 is 14.1 Å². The van der Waals surface area contributed by atoms with Crippen molar-refractivity contribution in [3.05, 3.63) is 51.3 Å². The fraction of sp³-hybridized carbons (Fsp3) is 0.188. The third-order valence-electron chi connectivity index (χ3n) is 4.08. The predicted molar refractivity (Wildman–Crippen MR) is 98.2 cm³/mol. The minimum absolute atomic E-state index is 0.0172. The molecule has 0 saturated carbocycles. The summed E-state index contributed by atoms with van der Waals surface area (Å²) in [4.78, 5) is 22.4. The van der Waals surface area contributed by atoms with Crippen LogP contribution in [0.2, 0.25) is 0 Å². The third kappa shape index (κ3) is 3.85. The number of hydrogen-bond acceptors (Lipinski definition) is 9. The molecule has 28 heavy (non-hydrogen) atoms. The summed E-state index contributed by atoms with van der Waals surface area (Å²) in [5.74, 6) is 0.477. The summed E-state index contributed by atoms with van der Waals surface area (Å²) < 4.78 is 6.81. The van der Waals surface area contributed by atoms with E-state index in [9.17, 15) is 14.9 Å². The number of nitro benzene ring substituents is 1. The summed E-state index contributed by atoms with van der Waals surface area (Å²) in [7, 11) is 0. The number of furan rings is 1. The molecule has 3 rings (SSSR count). The quantitative estimate of drug-likeness (QED) is 0.363. The van der Waals surface area contributed by atoms with Crippen molar-refractivity contribution >= 4 is 23.8 Å². The van der Waals surface area contributed by atoms with Crippen molar-refractivity contribution in [2.75, 3.05) is 5.73 Å². The van der Waals surface area contributed by atoms with Crippen LogP contribution in [0.1, 0.15) is 16.9 Å². The zero-order valence-electron chi connectivity index (χ0n) is 15.0. The molecule has 0 unspecified atom stereocenters. The Morgan fingerprint density at radius 1 is 1.36 bits per heavy atom. The molecule has 1 amide bonds. The molecule has 2 aromatic heterocycles. The monoisotopic (exact) mass is 384 g/mol. The Bertz CT molecular complexity index is 1070. The number of rotatable bonds is 6. The number of nitrogen functional groups attached to an aromatic ring is 1. The molecular formula is C16H16N8O4. The average Bonchev–Trinajstić information content (AvgIpc) is 3.26. The second-order valence-electron chi connectivity index (χ2n) is 5.83. The first kappa shape index (κ1) is 18.7. The van der Waals surface area contributed by atoms with Gasteiger partial charge in [-0.25, -0.2) is 10.1 Å². The number of carbonyl (C=O) groups is 1. The maximum atomic E-state index is 11.8. The number of amides is 1. The van der Waals surface area contributed by atoms with Gasteiger partial charge in [0.05, 0.1) is 11.1 Å². The number of benzene rings is 1. The Balaban J connectivity index is 1.68. The highest BCUT2D eigenvalue weighted by molar-refractivity contribution is 5.81. The highest BCUT2D eigenvalue weighted by atomic mass is 16.6. The lowest BCUT2D eigenvalue weighted by Gasteiger charge is -2.06. The molecule has 3 N–H and O–H groups in total. The van der Waals surface area contributed by atoms with Crippen LogP contribution in [-0.2, 0) is 11.3 Å². The van der Waals surface area contributed by atoms with Gasteiger partial charge in [0.15, 0.2) is 0 Å². The lowest BCUT2D eigenvalue weighted by Crippen LogP contribution is -2.24. The zero-order chi connectivity index (χ0) is 20.3. The van der Waals surface area contributed by atoms with Crippen LogP contribution in [0.25, 0.3) is 11.3 Å². The van der Waals surface area contributed by atoms with E-state index in [1.807, 2.05) is 0 Å². The average molecular weight is 384 g/mol. The van der Waals surface area contributed by atoms with Crippen molar-refractivity contribution in [3.63, 3.8) is 0 Å². The van der Waals surface area contributed by atoms with E-state index in [0.717, 1.165) is 15.8 Å². The Hall–Kier alpha value is -4.09. The maximum Gasteiger partial charge on any atom is 0.272 e. The standard InChI is InChI=1S/C16H16N8O4/c1-9-10(2)13(24(26)27)5-4-12(9)14-6-3-11(28-14)7-18-19-15(25)8-23-16(17)20-21-22-23/h3-7H,8H2,1-2H3,(H,19,25)(H2,17,20,22)/b18-7+. The van der Waals surface area contributed by atoms with E-state index in [1.54, 1.807) is 32.0 Å². The zero-order valence-corrected chi connectivity index (χ0v) is 15.0. The number of nitrogens with zero attached hydrogens (tertiary/aromatic N) is 6. The highest BCUT2D eigenvalue weighted by Crippen LogP contribution is 2.31. The lowest BCUT2D eigenvalue weighted by atomic mass is 10.00. The van der Waals surface area contributed by atoms with Crippen LogP contribution in [0.3, 0.4) is 0 Å². The normalized spacial score (nSPS) is 11.1. The molecule has 0 radical (unpaired) electrons. The molecule has 0 aliphatic rings. The predicted octanol–water partition coefficient (Wildman–Crippen LogP) is 1.19. The molecule has 1 aromatic carbocycles. The minimum atomic E-state index is -0.469. The molecule has 3 aromatic rings. The Kier molecular flexibility index (Phi) is 5.11. The van der Waals surface area contributed by atoms with Crippen LogP contribution in [0, 0.1) is 24.0 Å². The van der Waals surface area contributed by atoms with Crippen molar-refractivity contribution in [2.45, 2.75) is 20.4 Å². The molecule has 12 nitrogen and oxygen atoms in total. The van der Waals surface area contributed by atoms with Crippen LogP contribution in [-0.4, -0.2) is 37.3 Å². The molecule has 0 aliphatic heterocycles. The topological polar surface area (TPSA) is 167 Å². The SMILES string of the molecule is Cc1c(-c2ccc(/C=N/NC(=O)Cn3nnnc3N)o2)ccc([N+](=O)[O-])c1C. The van der Waals surface area contributed by atoms with E-state index in [2.05, 4.69) is 26.1 Å². The van der Waals surface area contributed by atoms with Crippen LogP contribution in [0.15, 0.2) is 33.8 Å². The molecule has 0 atom stereocenters. The first-order valence-electron chi connectivity index (χ1n) is 8.05. The third-order valence-corrected chi connectivity index (χ3v) is 4.08. The van der Waals surface area contributed by atoms with Gasteiger partial charge in [-0.05, 0) is 48.0 Å². The van der Waals surface area contributed by atoms with Crippen molar-refractivity contribution in [1.82, 2.24) is 25.6 Å². The second kappa shape index (κ2) is 7.65. The molecule has 0 spiro atoms. The van der Waals surface area contributed by atoms with E-state index < -0.39 is 10.8 Å². The molecule has 0 bridgehead atoms. The number of anilines is 1. The smallest absolute Gasteiger partial charge is 0.272 e. The number of aromatic nitrogens is 4. The van der Waals surface area contributed by atoms with Gasteiger partial charge in [0.2, 0.25) is 5.95 Å².